The first-order valence-electron chi connectivity index (χ1n) is 10.4. The van der Waals surface area contributed by atoms with Gasteiger partial charge in [0.25, 0.3) is 5.91 Å². The summed E-state index contributed by atoms with van der Waals surface area (Å²) in [7, 11) is -3.32. The van der Waals surface area contributed by atoms with Crippen LogP contribution in [0.25, 0.3) is 0 Å². The van der Waals surface area contributed by atoms with Gasteiger partial charge >= 0.3 is 0 Å². The molecule has 2 fully saturated rings. The SMILES string of the molecule is CCN1CCCC1CNC(=O)c1cc(C2CC2)cc2c1OC(S(C)(=O)=O)CC2. The molecule has 0 spiro atoms. The second-order valence-corrected chi connectivity index (χ2v) is 10.6. The topological polar surface area (TPSA) is 75.7 Å². The number of likely N-dealkylation sites (N-methyl/N-ethyl adjacent to an activating group) is 1. The molecule has 154 valence electrons. The zero-order chi connectivity index (χ0) is 19.9. The van der Waals surface area contributed by atoms with E-state index in [9.17, 15) is 13.2 Å². The molecule has 1 aromatic rings. The number of carbonyl (C=O) groups excluding carboxylic acids is 1. The number of nitrogens with zero attached hydrogens (tertiary/aromatic N) is 1. The number of carbonyl (C=O) groups is 1. The van der Waals surface area contributed by atoms with Crippen LogP contribution >= 0.6 is 0 Å². The van der Waals surface area contributed by atoms with Crippen molar-refractivity contribution in [2.24, 2.45) is 0 Å². The molecule has 0 bridgehead atoms. The van der Waals surface area contributed by atoms with E-state index in [1.807, 2.05) is 6.07 Å². The number of fused-ring (bicyclic) bond motifs is 1. The van der Waals surface area contributed by atoms with Crippen LogP contribution in [0.3, 0.4) is 0 Å². The van der Waals surface area contributed by atoms with Gasteiger partial charge in [-0.2, -0.15) is 0 Å². The van der Waals surface area contributed by atoms with Crippen molar-refractivity contribution in [2.45, 2.75) is 62.8 Å². The summed E-state index contributed by atoms with van der Waals surface area (Å²) in [6, 6.07) is 4.40. The lowest BCUT2D eigenvalue weighted by atomic mass is 9.96. The van der Waals surface area contributed by atoms with Crippen LogP contribution in [-0.2, 0) is 16.3 Å². The quantitative estimate of drug-likeness (QED) is 0.785. The van der Waals surface area contributed by atoms with Gasteiger partial charge < -0.3 is 10.1 Å². The fourth-order valence-corrected chi connectivity index (χ4v) is 5.29. The molecule has 1 aliphatic carbocycles. The Morgan fingerprint density at radius 1 is 1.25 bits per heavy atom. The van der Waals surface area contributed by atoms with E-state index in [4.69, 9.17) is 4.74 Å². The minimum Gasteiger partial charge on any atom is -0.473 e. The molecule has 2 unspecified atom stereocenters. The maximum absolute atomic E-state index is 13.1. The Hall–Kier alpha value is -1.60. The second-order valence-electron chi connectivity index (χ2n) is 8.38. The molecule has 4 rings (SSSR count). The molecule has 1 aromatic carbocycles. The molecule has 2 heterocycles. The zero-order valence-corrected chi connectivity index (χ0v) is 17.6. The van der Waals surface area contributed by atoms with Crippen molar-refractivity contribution in [3.63, 3.8) is 0 Å². The smallest absolute Gasteiger partial charge is 0.255 e. The fourth-order valence-electron chi connectivity index (χ4n) is 4.47. The normalized spacial score (nSPS) is 25.2. The molecule has 0 radical (unpaired) electrons. The molecule has 7 heteroatoms. The standard InChI is InChI=1S/C21H30N2O4S/c1-3-23-10-4-5-17(23)13-22-21(24)18-12-16(14-6-7-14)11-15-8-9-19(27-20(15)18)28(2,25)26/h11-12,14,17,19H,3-10,13H2,1-2H3,(H,22,24). The third-order valence-electron chi connectivity index (χ3n) is 6.26. The van der Waals surface area contributed by atoms with E-state index in [1.54, 1.807) is 0 Å². The van der Waals surface area contributed by atoms with E-state index >= 15 is 0 Å². The number of rotatable bonds is 6. The molecular weight excluding hydrogens is 376 g/mol. The third-order valence-corrected chi connectivity index (χ3v) is 7.55. The Morgan fingerprint density at radius 3 is 2.71 bits per heavy atom. The molecule has 1 amide bonds. The summed E-state index contributed by atoms with van der Waals surface area (Å²) in [4.78, 5) is 15.5. The highest BCUT2D eigenvalue weighted by atomic mass is 32.2. The molecule has 2 atom stereocenters. The fraction of sp³-hybridized carbons (Fsp3) is 0.667. The van der Waals surface area contributed by atoms with Gasteiger partial charge in [0, 0.05) is 25.3 Å². The number of hydrogen-bond acceptors (Lipinski definition) is 5. The average molecular weight is 407 g/mol. The lowest BCUT2D eigenvalue weighted by Gasteiger charge is -2.28. The van der Waals surface area contributed by atoms with Gasteiger partial charge in [0.05, 0.1) is 5.56 Å². The zero-order valence-electron chi connectivity index (χ0n) is 16.7. The van der Waals surface area contributed by atoms with Crippen molar-refractivity contribution in [1.29, 1.82) is 0 Å². The summed E-state index contributed by atoms with van der Waals surface area (Å²) in [6.45, 7) is 4.84. The van der Waals surface area contributed by atoms with Crippen LogP contribution in [0.2, 0.25) is 0 Å². The molecule has 28 heavy (non-hydrogen) atoms. The van der Waals surface area contributed by atoms with E-state index in [0.717, 1.165) is 37.9 Å². The third kappa shape index (κ3) is 4.06. The van der Waals surface area contributed by atoms with Crippen LogP contribution in [0.1, 0.15) is 66.4 Å². The van der Waals surface area contributed by atoms with Gasteiger partial charge in [-0.25, -0.2) is 8.42 Å². The van der Waals surface area contributed by atoms with Crippen LogP contribution in [0.5, 0.6) is 5.75 Å². The van der Waals surface area contributed by atoms with E-state index in [-0.39, 0.29) is 5.91 Å². The van der Waals surface area contributed by atoms with Crippen LogP contribution in [0.4, 0.5) is 0 Å². The minimum atomic E-state index is -3.32. The predicted molar refractivity (Wildman–Crippen MR) is 109 cm³/mol. The Balaban J connectivity index is 1.58. The molecule has 0 aromatic heterocycles. The summed E-state index contributed by atoms with van der Waals surface area (Å²) in [5, 5.41) is 3.09. The maximum Gasteiger partial charge on any atom is 0.255 e. The lowest BCUT2D eigenvalue weighted by molar-refractivity contribution is 0.0934. The van der Waals surface area contributed by atoms with E-state index in [2.05, 4.69) is 23.2 Å². The number of aryl methyl sites for hydroxylation is 1. The summed E-state index contributed by atoms with van der Waals surface area (Å²) in [6.07, 6.45) is 6.83. The Labute approximate surface area is 167 Å². The predicted octanol–water partition coefficient (Wildman–Crippen LogP) is 2.47. The first kappa shape index (κ1) is 19.7. The number of amides is 1. The van der Waals surface area contributed by atoms with Crippen molar-refractivity contribution in [3.05, 3.63) is 28.8 Å². The highest BCUT2D eigenvalue weighted by Crippen LogP contribution is 2.44. The van der Waals surface area contributed by atoms with Gasteiger partial charge in [-0.3, -0.25) is 9.69 Å². The van der Waals surface area contributed by atoms with Gasteiger partial charge in [0.1, 0.15) is 5.75 Å². The molecule has 3 aliphatic rings. The van der Waals surface area contributed by atoms with Crippen LogP contribution in [0, 0.1) is 0 Å². The maximum atomic E-state index is 13.1. The number of sulfone groups is 1. The number of benzene rings is 1. The summed E-state index contributed by atoms with van der Waals surface area (Å²) >= 11 is 0. The van der Waals surface area contributed by atoms with Gasteiger partial charge in [-0.15, -0.1) is 0 Å². The highest BCUT2D eigenvalue weighted by Gasteiger charge is 2.34. The van der Waals surface area contributed by atoms with Crippen molar-refractivity contribution in [3.8, 4) is 5.75 Å². The summed E-state index contributed by atoms with van der Waals surface area (Å²) in [5.41, 5.74) is 1.77. The van der Waals surface area contributed by atoms with Gasteiger partial charge in [-0.05, 0) is 68.3 Å². The first-order chi connectivity index (χ1) is 13.4. The number of nitrogens with one attached hydrogen (secondary N) is 1. The Kier molecular flexibility index (Phi) is 5.40. The van der Waals surface area contributed by atoms with E-state index in [1.165, 1.54) is 18.2 Å². The van der Waals surface area contributed by atoms with Gasteiger partial charge in [0.15, 0.2) is 15.3 Å². The molecule has 6 nitrogen and oxygen atoms in total. The first-order valence-corrected chi connectivity index (χ1v) is 12.4. The largest absolute Gasteiger partial charge is 0.473 e. The highest BCUT2D eigenvalue weighted by molar-refractivity contribution is 7.91. The average Bonchev–Trinajstić information content (AvgIpc) is 3.42. The monoisotopic (exact) mass is 406 g/mol. The van der Waals surface area contributed by atoms with E-state index in [0.29, 0.717) is 42.7 Å². The Bertz CT molecular complexity index is 863. The molecular formula is C21H30N2O4S. The second kappa shape index (κ2) is 7.67. The minimum absolute atomic E-state index is 0.157. The lowest BCUT2D eigenvalue weighted by Crippen LogP contribution is -2.40. The molecule has 1 N–H and O–H groups in total. The number of ether oxygens (including phenoxy) is 1. The number of likely N-dealkylation sites (tertiary alicyclic amines) is 1. The van der Waals surface area contributed by atoms with E-state index < -0.39 is 15.3 Å². The number of hydrogen-bond donors (Lipinski definition) is 1. The Morgan fingerprint density at radius 2 is 2.04 bits per heavy atom. The van der Waals surface area contributed by atoms with Crippen molar-refractivity contribution < 1.29 is 17.9 Å². The van der Waals surface area contributed by atoms with Gasteiger partial charge in [-0.1, -0.05) is 13.0 Å². The van der Waals surface area contributed by atoms with Crippen LogP contribution < -0.4 is 10.1 Å². The molecule has 1 saturated carbocycles. The molecule has 2 aliphatic heterocycles. The van der Waals surface area contributed by atoms with Crippen molar-refractivity contribution in [1.82, 2.24) is 10.2 Å². The van der Waals surface area contributed by atoms with Crippen LogP contribution in [-0.4, -0.2) is 56.6 Å². The summed E-state index contributed by atoms with van der Waals surface area (Å²) < 4.78 is 29.9. The van der Waals surface area contributed by atoms with Crippen molar-refractivity contribution >= 4 is 15.7 Å². The summed E-state index contributed by atoms with van der Waals surface area (Å²) in [5.74, 6) is 0.827. The molecule has 1 saturated heterocycles. The van der Waals surface area contributed by atoms with Crippen molar-refractivity contribution in [2.75, 3.05) is 25.9 Å². The van der Waals surface area contributed by atoms with Gasteiger partial charge in [0.2, 0.25) is 0 Å². The van der Waals surface area contributed by atoms with Crippen LogP contribution in [0.15, 0.2) is 12.1 Å².